The van der Waals surface area contributed by atoms with Crippen LogP contribution >= 0.6 is 0 Å². The van der Waals surface area contributed by atoms with E-state index in [4.69, 9.17) is 18.9 Å². The van der Waals surface area contributed by atoms with Gasteiger partial charge >= 0.3 is 18.0 Å². The highest BCUT2D eigenvalue weighted by atomic mass is 16.6. The summed E-state index contributed by atoms with van der Waals surface area (Å²) in [6, 6.07) is 9.53. The normalized spacial score (nSPS) is 22.2. The molecule has 34 heavy (non-hydrogen) atoms. The van der Waals surface area contributed by atoms with Crippen molar-refractivity contribution in [2.24, 2.45) is 11.8 Å². The quantitative estimate of drug-likeness (QED) is 0.238. The van der Waals surface area contributed by atoms with Crippen LogP contribution in [0.3, 0.4) is 0 Å². The van der Waals surface area contributed by atoms with Crippen molar-refractivity contribution >= 4 is 24.1 Å². The van der Waals surface area contributed by atoms with Crippen molar-refractivity contribution in [1.29, 1.82) is 0 Å². The maximum atomic E-state index is 13.1. The van der Waals surface area contributed by atoms with Crippen LogP contribution in [0.5, 0.6) is 0 Å². The predicted molar refractivity (Wildman–Crippen MR) is 128 cm³/mol. The maximum absolute atomic E-state index is 13.1. The molecule has 1 saturated heterocycles. The van der Waals surface area contributed by atoms with Crippen molar-refractivity contribution in [3.05, 3.63) is 54.6 Å². The zero-order valence-electron chi connectivity index (χ0n) is 20.3. The van der Waals surface area contributed by atoms with Gasteiger partial charge in [0.25, 0.3) is 0 Å². The number of carbonyl (C=O) groups is 3. The lowest BCUT2D eigenvalue weighted by molar-refractivity contribution is -0.159. The third-order valence-corrected chi connectivity index (χ3v) is 4.93. The van der Waals surface area contributed by atoms with Crippen molar-refractivity contribution in [2.45, 2.75) is 51.9 Å². The van der Waals surface area contributed by atoms with Gasteiger partial charge in [0.2, 0.25) is 0 Å². The van der Waals surface area contributed by atoms with Gasteiger partial charge in [0, 0.05) is 0 Å². The Balaban J connectivity index is 2.11. The van der Waals surface area contributed by atoms with Crippen LogP contribution in [0.4, 0.5) is 4.79 Å². The van der Waals surface area contributed by atoms with Gasteiger partial charge in [-0.25, -0.2) is 4.79 Å². The van der Waals surface area contributed by atoms with Gasteiger partial charge in [-0.1, -0.05) is 55.5 Å². The largest absolute Gasteiger partial charge is 0.465 e. The fourth-order valence-electron chi connectivity index (χ4n) is 3.47. The highest BCUT2D eigenvalue weighted by Gasteiger charge is 2.51. The molecule has 0 radical (unpaired) electrons. The van der Waals surface area contributed by atoms with E-state index < -0.39 is 47.7 Å². The van der Waals surface area contributed by atoms with Gasteiger partial charge < -0.3 is 24.3 Å². The molecule has 2 rings (SSSR count). The molecule has 8 heteroatoms. The first-order valence-electron chi connectivity index (χ1n) is 11.5. The van der Waals surface area contributed by atoms with E-state index >= 15 is 0 Å². The lowest BCUT2D eigenvalue weighted by atomic mass is 9.86. The average Bonchev–Trinajstić information content (AvgIpc) is 3.17. The molecule has 1 amide bonds. The minimum atomic E-state index is -0.922. The standard InChI is InChI=1S/C26H35NO7/c1-6-16-31-23(28)21-19(7-2)33-20(14-13-18-11-9-8-10-12-18)22(21)24(29)32-17-15-27-25(30)34-26(3,4)5/h7-14,19-22H,2,6,15-17H2,1,3-5H3,(H,27,30)/b14-13+. The van der Waals surface area contributed by atoms with Crippen LogP contribution in [0, 0.1) is 11.8 Å². The SMILES string of the molecule is C=CC1OC(/C=C/c2ccccc2)C(C(=O)OCCNC(=O)OC(C)(C)C)C1C(=O)OCCC. The van der Waals surface area contributed by atoms with Gasteiger partial charge in [0.1, 0.15) is 24.0 Å². The van der Waals surface area contributed by atoms with Crippen LogP contribution in [0.25, 0.3) is 6.08 Å². The molecule has 1 fully saturated rings. The Morgan fingerprint density at radius 2 is 1.65 bits per heavy atom. The lowest BCUT2D eigenvalue weighted by Crippen LogP contribution is -2.38. The first-order valence-corrected chi connectivity index (χ1v) is 11.5. The Morgan fingerprint density at radius 3 is 2.24 bits per heavy atom. The Hall–Kier alpha value is -3.13. The van der Waals surface area contributed by atoms with Crippen molar-refractivity contribution in [1.82, 2.24) is 5.32 Å². The molecule has 8 nitrogen and oxygen atoms in total. The fourth-order valence-corrected chi connectivity index (χ4v) is 3.47. The van der Waals surface area contributed by atoms with E-state index in [-0.39, 0.29) is 19.8 Å². The van der Waals surface area contributed by atoms with Crippen molar-refractivity contribution in [2.75, 3.05) is 19.8 Å². The number of carbonyl (C=O) groups excluding carboxylic acids is 3. The Labute approximate surface area is 201 Å². The van der Waals surface area contributed by atoms with Crippen molar-refractivity contribution < 1.29 is 33.3 Å². The molecule has 1 heterocycles. The van der Waals surface area contributed by atoms with Crippen LogP contribution in [-0.2, 0) is 28.5 Å². The number of nitrogens with one attached hydrogen (secondary N) is 1. The summed E-state index contributed by atoms with van der Waals surface area (Å²) in [5, 5.41) is 2.53. The summed E-state index contributed by atoms with van der Waals surface area (Å²) < 4.78 is 21.9. The lowest BCUT2D eigenvalue weighted by Gasteiger charge is -2.21. The number of hydrogen-bond donors (Lipinski definition) is 1. The molecule has 1 aliphatic rings. The highest BCUT2D eigenvalue weighted by Crippen LogP contribution is 2.36. The summed E-state index contributed by atoms with van der Waals surface area (Å²) in [7, 11) is 0. The van der Waals surface area contributed by atoms with Gasteiger partial charge in [-0.2, -0.15) is 0 Å². The molecule has 0 spiro atoms. The van der Waals surface area contributed by atoms with E-state index in [1.54, 1.807) is 26.8 Å². The number of alkyl carbamates (subject to hydrolysis) is 1. The molecular weight excluding hydrogens is 438 g/mol. The molecule has 1 aliphatic heterocycles. The number of esters is 2. The number of amides is 1. The van der Waals surface area contributed by atoms with E-state index in [0.29, 0.717) is 6.42 Å². The van der Waals surface area contributed by atoms with E-state index in [0.717, 1.165) is 5.56 Å². The Bertz CT molecular complexity index is 860. The van der Waals surface area contributed by atoms with Crippen LogP contribution < -0.4 is 5.32 Å². The molecule has 1 aromatic rings. The van der Waals surface area contributed by atoms with Crippen molar-refractivity contribution in [3.8, 4) is 0 Å². The minimum Gasteiger partial charge on any atom is -0.465 e. The van der Waals surface area contributed by atoms with Gasteiger partial charge in [0.15, 0.2) is 0 Å². The summed E-state index contributed by atoms with van der Waals surface area (Å²) in [6.45, 7) is 11.1. The fraction of sp³-hybridized carbons (Fsp3) is 0.500. The first kappa shape index (κ1) is 27.1. The van der Waals surface area contributed by atoms with E-state index in [1.807, 2.05) is 43.3 Å². The second-order valence-electron chi connectivity index (χ2n) is 8.89. The van der Waals surface area contributed by atoms with Gasteiger partial charge in [-0.05, 0) is 32.8 Å². The van der Waals surface area contributed by atoms with E-state index in [9.17, 15) is 14.4 Å². The van der Waals surface area contributed by atoms with E-state index in [2.05, 4.69) is 11.9 Å². The predicted octanol–water partition coefficient (Wildman–Crippen LogP) is 3.91. The molecule has 4 unspecified atom stereocenters. The molecule has 1 aromatic carbocycles. The zero-order chi connectivity index (χ0) is 25.1. The van der Waals surface area contributed by atoms with Crippen LogP contribution in [0.2, 0.25) is 0 Å². The van der Waals surface area contributed by atoms with Gasteiger partial charge in [0.05, 0.1) is 25.4 Å². The summed E-state index contributed by atoms with van der Waals surface area (Å²) >= 11 is 0. The molecule has 186 valence electrons. The third kappa shape index (κ3) is 8.33. The Kier molecular flexibility index (Phi) is 10.3. The molecule has 4 atom stereocenters. The van der Waals surface area contributed by atoms with Crippen LogP contribution in [0.1, 0.15) is 39.7 Å². The number of rotatable bonds is 10. The molecule has 0 aliphatic carbocycles. The Morgan fingerprint density at radius 1 is 1.03 bits per heavy atom. The number of benzene rings is 1. The smallest absolute Gasteiger partial charge is 0.407 e. The molecule has 0 saturated carbocycles. The van der Waals surface area contributed by atoms with E-state index in [1.165, 1.54) is 6.08 Å². The number of ether oxygens (including phenoxy) is 4. The van der Waals surface area contributed by atoms with Crippen LogP contribution in [0.15, 0.2) is 49.1 Å². The second kappa shape index (κ2) is 12.9. The van der Waals surface area contributed by atoms with Gasteiger partial charge in [-0.15, -0.1) is 6.58 Å². The van der Waals surface area contributed by atoms with Crippen LogP contribution in [-0.4, -0.2) is 55.6 Å². The monoisotopic (exact) mass is 473 g/mol. The molecule has 0 aromatic heterocycles. The zero-order valence-corrected chi connectivity index (χ0v) is 20.3. The highest BCUT2D eigenvalue weighted by molar-refractivity contribution is 5.84. The number of hydrogen-bond acceptors (Lipinski definition) is 7. The molecule has 0 bridgehead atoms. The van der Waals surface area contributed by atoms with Crippen molar-refractivity contribution in [3.63, 3.8) is 0 Å². The summed E-state index contributed by atoms with van der Waals surface area (Å²) in [5.41, 5.74) is 0.290. The first-order chi connectivity index (χ1) is 16.2. The summed E-state index contributed by atoms with van der Waals surface area (Å²) in [5.74, 6) is -2.96. The van der Waals surface area contributed by atoms with Gasteiger partial charge in [-0.3, -0.25) is 9.59 Å². The topological polar surface area (TPSA) is 100 Å². The average molecular weight is 474 g/mol. The summed E-state index contributed by atoms with van der Waals surface area (Å²) in [6.07, 6.45) is 3.70. The summed E-state index contributed by atoms with van der Waals surface area (Å²) in [4.78, 5) is 37.7. The maximum Gasteiger partial charge on any atom is 0.407 e. The molecule has 1 N–H and O–H groups in total. The minimum absolute atomic E-state index is 0.0641. The second-order valence-corrected chi connectivity index (χ2v) is 8.89. The molecular formula is C26H35NO7. The third-order valence-electron chi connectivity index (χ3n) is 4.93.